The van der Waals surface area contributed by atoms with Crippen LogP contribution in [0.4, 0.5) is 11.4 Å². The van der Waals surface area contributed by atoms with Gasteiger partial charge in [0, 0.05) is 0 Å². The summed E-state index contributed by atoms with van der Waals surface area (Å²) in [4.78, 5) is 35.5. The fraction of sp³-hybridized carbons (Fsp3) is 0.273. The Kier molecular flexibility index (Phi) is 7.13. The van der Waals surface area contributed by atoms with Gasteiger partial charge in [0.05, 0.1) is 30.6 Å². The van der Waals surface area contributed by atoms with Gasteiger partial charge in [0.15, 0.2) is 17.6 Å². The maximum absolute atomic E-state index is 14.1. The van der Waals surface area contributed by atoms with Crippen molar-refractivity contribution < 1.29 is 23.9 Å². The maximum atomic E-state index is 14.1. The van der Waals surface area contributed by atoms with Gasteiger partial charge < -0.3 is 9.47 Å². The number of amides is 2. The van der Waals surface area contributed by atoms with Crippen LogP contribution in [0.25, 0.3) is 10.8 Å². The van der Waals surface area contributed by atoms with Crippen LogP contribution in [0.1, 0.15) is 38.3 Å². The molecule has 0 bridgehead atoms. The van der Waals surface area contributed by atoms with Gasteiger partial charge in [0.25, 0.3) is 5.91 Å². The quantitative estimate of drug-likeness (QED) is 0.180. The van der Waals surface area contributed by atoms with Crippen LogP contribution < -0.4 is 19.4 Å². The first-order valence-corrected chi connectivity index (χ1v) is 13.9. The van der Waals surface area contributed by atoms with Crippen LogP contribution in [0.15, 0.2) is 91.0 Å². The first-order valence-electron chi connectivity index (χ1n) is 13.9. The fourth-order valence-electron chi connectivity index (χ4n) is 5.55. The number of benzene rings is 4. The number of anilines is 2. The highest BCUT2D eigenvalue weighted by atomic mass is 16.7. The number of imide groups is 1. The largest absolute Gasteiger partial charge is 0.490 e. The number of nitrogens with zero attached hydrogens (tertiary/aromatic N) is 2. The molecule has 204 valence electrons. The molecule has 2 fully saturated rings. The molecule has 6 rings (SSSR count). The zero-order valence-electron chi connectivity index (χ0n) is 22.7. The van der Waals surface area contributed by atoms with Crippen molar-refractivity contribution in [2.75, 3.05) is 23.2 Å². The van der Waals surface area contributed by atoms with Crippen LogP contribution in [-0.2, 0) is 14.4 Å². The van der Waals surface area contributed by atoms with Crippen LogP contribution in [0.5, 0.6) is 11.5 Å². The van der Waals surface area contributed by atoms with Crippen LogP contribution in [0.2, 0.25) is 0 Å². The second-order valence-corrected chi connectivity index (χ2v) is 10.0. The molecule has 40 heavy (non-hydrogen) atoms. The van der Waals surface area contributed by atoms with Crippen molar-refractivity contribution in [1.29, 1.82) is 0 Å². The third-order valence-electron chi connectivity index (χ3n) is 7.48. The summed E-state index contributed by atoms with van der Waals surface area (Å²) in [6.45, 7) is 5.10. The molecule has 0 N–H and O–H groups in total. The van der Waals surface area contributed by atoms with E-state index in [4.69, 9.17) is 14.3 Å². The van der Waals surface area contributed by atoms with Crippen molar-refractivity contribution >= 4 is 34.0 Å². The van der Waals surface area contributed by atoms with Crippen molar-refractivity contribution in [3.05, 3.63) is 96.6 Å². The number of hydrogen-bond donors (Lipinski definition) is 0. The Morgan fingerprint density at radius 1 is 0.750 bits per heavy atom. The molecule has 0 saturated carbocycles. The van der Waals surface area contributed by atoms with Gasteiger partial charge in [-0.2, -0.15) is 0 Å². The topological polar surface area (TPSA) is 68.3 Å². The van der Waals surface area contributed by atoms with Crippen molar-refractivity contribution in [2.45, 2.75) is 38.8 Å². The Hall–Kier alpha value is -4.36. The number of hydrogen-bond acceptors (Lipinski definition) is 6. The molecular formula is C33H32N2O5. The lowest BCUT2D eigenvalue weighted by Crippen LogP contribution is -2.37. The number of para-hydroxylation sites is 1. The first-order chi connectivity index (χ1) is 19.6. The Bertz CT molecular complexity index is 1540. The summed E-state index contributed by atoms with van der Waals surface area (Å²) in [5.74, 6) is -0.114. The van der Waals surface area contributed by atoms with E-state index in [1.165, 1.54) is 4.90 Å². The van der Waals surface area contributed by atoms with Crippen molar-refractivity contribution in [3.63, 3.8) is 0 Å². The Balaban J connectivity index is 1.40. The molecule has 0 unspecified atom stereocenters. The number of ether oxygens (including phenoxy) is 2. The standard InChI is InChI=1S/C33H32N2O5/c1-3-5-19-39-27-18-16-24(21-28(27)38-4-2)30-29-31(40-35(30)25-13-7-6-8-14-25)33(37)34(32(29)36)26-17-15-22-11-9-10-12-23(22)20-26/h6-18,20-21,29-31H,3-5,19H2,1-2H3/t29-,30+,31+/m1/s1. The molecule has 7 heteroatoms. The number of carbonyl (C=O) groups is 2. The zero-order valence-corrected chi connectivity index (χ0v) is 22.7. The van der Waals surface area contributed by atoms with E-state index in [9.17, 15) is 9.59 Å². The summed E-state index contributed by atoms with van der Waals surface area (Å²) in [6.07, 6.45) is 1.02. The van der Waals surface area contributed by atoms with Crippen molar-refractivity contribution in [2.24, 2.45) is 5.92 Å². The van der Waals surface area contributed by atoms with E-state index < -0.39 is 18.1 Å². The summed E-state index contributed by atoms with van der Waals surface area (Å²) >= 11 is 0. The smallest absolute Gasteiger partial charge is 0.266 e. The number of unbranched alkanes of at least 4 members (excludes halogenated alkanes) is 1. The average molecular weight is 537 g/mol. The Morgan fingerprint density at radius 3 is 2.30 bits per heavy atom. The van der Waals surface area contributed by atoms with Gasteiger partial charge in [-0.15, -0.1) is 0 Å². The Labute approximate surface area is 233 Å². The monoisotopic (exact) mass is 536 g/mol. The highest BCUT2D eigenvalue weighted by Gasteiger charge is 2.60. The average Bonchev–Trinajstić information content (AvgIpc) is 3.49. The molecule has 4 aromatic carbocycles. The Morgan fingerprint density at radius 2 is 1.52 bits per heavy atom. The minimum atomic E-state index is -0.944. The van der Waals surface area contributed by atoms with Gasteiger partial charge >= 0.3 is 0 Å². The minimum Gasteiger partial charge on any atom is -0.490 e. The van der Waals surface area contributed by atoms with Crippen LogP contribution in [0, 0.1) is 5.92 Å². The third-order valence-corrected chi connectivity index (χ3v) is 7.48. The van der Waals surface area contributed by atoms with E-state index in [0.717, 1.165) is 34.9 Å². The predicted octanol–water partition coefficient (Wildman–Crippen LogP) is 6.47. The molecular weight excluding hydrogens is 504 g/mol. The molecule has 0 spiro atoms. The van der Waals surface area contributed by atoms with Gasteiger partial charge in [-0.25, -0.2) is 9.96 Å². The molecule has 2 heterocycles. The van der Waals surface area contributed by atoms with Gasteiger partial charge in [-0.3, -0.25) is 14.4 Å². The number of carbonyl (C=O) groups excluding carboxylic acids is 2. The summed E-state index contributed by atoms with van der Waals surface area (Å²) < 4.78 is 11.9. The van der Waals surface area contributed by atoms with Gasteiger partial charge in [-0.1, -0.05) is 67.9 Å². The summed E-state index contributed by atoms with van der Waals surface area (Å²) in [5, 5.41) is 3.70. The van der Waals surface area contributed by atoms with Crippen molar-refractivity contribution in [1.82, 2.24) is 0 Å². The second-order valence-electron chi connectivity index (χ2n) is 10.0. The summed E-state index contributed by atoms with van der Waals surface area (Å²) in [6, 6.07) is 28.3. The van der Waals surface area contributed by atoms with E-state index in [1.807, 2.05) is 97.9 Å². The van der Waals surface area contributed by atoms with Crippen LogP contribution >= 0.6 is 0 Å². The molecule has 4 aromatic rings. The molecule has 2 aliphatic heterocycles. The fourth-order valence-corrected chi connectivity index (χ4v) is 5.55. The lowest BCUT2D eigenvalue weighted by molar-refractivity contribution is -0.126. The highest BCUT2D eigenvalue weighted by molar-refractivity contribution is 6.24. The molecule has 0 radical (unpaired) electrons. The first kappa shape index (κ1) is 25.9. The number of fused-ring (bicyclic) bond motifs is 2. The molecule has 2 aliphatic rings. The van der Waals surface area contributed by atoms with E-state index in [0.29, 0.717) is 30.4 Å². The van der Waals surface area contributed by atoms with Gasteiger partial charge in [-0.05, 0) is 66.1 Å². The molecule has 2 amide bonds. The number of rotatable bonds is 9. The van der Waals surface area contributed by atoms with Crippen LogP contribution in [-0.4, -0.2) is 31.1 Å². The van der Waals surface area contributed by atoms with Gasteiger partial charge in [0.2, 0.25) is 5.91 Å². The molecule has 3 atom stereocenters. The maximum Gasteiger partial charge on any atom is 0.266 e. The highest BCUT2D eigenvalue weighted by Crippen LogP contribution is 2.49. The minimum absolute atomic E-state index is 0.282. The van der Waals surface area contributed by atoms with E-state index in [1.54, 1.807) is 5.06 Å². The lowest BCUT2D eigenvalue weighted by Gasteiger charge is -2.29. The second kappa shape index (κ2) is 11.0. The van der Waals surface area contributed by atoms with Gasteiger partial charge in [0.1, 0.15) is 5.92 Å². The predicted molar refractivity (Wildman–Crippen MR) is 154 cm³/mol. The van der Waals surface area contributed by atoms with Crippen molar-refractivity contribution in [3.8, 4) is 11.5 Å². The zero-order chi connectivity index (χ0) is 27.6. The lowest BCUT2D eigenvalue weighted by atomic mass is 9.90. The normalized spacial score (nSPS) is 20.3. The van der Waals surface area contributed by atoms with E-state index >= 15 is 0 Å². The molecule has 0 aliphatic carbocycles. The third kappa shape index (κ3) is 4.56. The summed E-state index contributed by atoms with van der Waals surface area (Å²) in [5.41, 5.74) is 2.12. The van der Waals surface area contributed by atoms with Crippen LogP contribution in [0.3, 0.4) is 0 Å². The molecule has 2 saturated heterocycles. The number of hydroxylamine groups is 1. The SMILES string of the molecule is CCCCOc1ccc([C@H]2[C@H]3C(=O)N(c4ccc5ccccc5c4)C(=O)[C@H]3ON2c2ccccc2)cc1OCC. The molecule has 0 aromatic heterocycles. The van der Waals surface area contributed by atoms with E-state index in [-0.39, 0.29) is 11.8 Å². The van der Waals surface area contributed by atoms with E-state index in [2.05, 4.69) is 6.92 Å². The molecule has 7 nitrogen and oxygen atoms in total. The summed E-state index contributed by atoms with van der Waals surface area (Å²) in [7, 11) is 0.